The molecule has 154 valence electrons. The smallest absolute Gasteiger partial charge is 0.171 e. The van der Waals surface area contributed by atoms with Crippen LogP contribution in [0.2, 0.25) is 0 Å². The third-order valence-electron chi connectivity index (χ3n) is 5.46. The van der Waals surface area contributed by atoms with Crippen LogP contribution in [-0.4, -0.2) is 48.9 Å². The van der Waals surface area contributed by atoms with Gasteiger partial charge < -0.3 is 14.5 Å². The van der Waals surface area contributed by atoms with Gasteiger partial charge >= 0.3 is 0 Å². The zero-order chi connectivity index (χ0) is 20.8. The highest BCUT2D eigenvalue weighted by Gasteiger charge is 2.19. The molecule has 0 saturated carbocycles. The Morgan fingerprint density at radius 2 is 1.73 bits per heavy atom. The number of aromatic nitrogens is 1. The van der Waals surface area contributed by atoms with E-state index in [1.807, 2.05) is 54.6 Å². The molecular formula is C25H27N3O2. The number of likely N-dealkylation sites (N-methyl/N-ethyl adjacent to an activating group) is 1. The Balaban J connectivity index is 1.58. The zero-order valence-corrected chi connectivity index (χ0v) is 17.3. The maximum atomic E-state index is 13.2. The molecule has 0 spiro atoms. The monoisotopic (exact) mass is 401 g/mol. The van der Waals surface area contributed by atoms with Gasteiger partial charge in [0.1, 0.15) is 12.4 Å². The molecule has 0 atom stereocenters. The Hall–Kier alpha value is -3.18. The van der Waals surface area contributed by atoms with Gasteiger partial charge in [-0.15, -0.1) is 0 Å². The SMILES string of the molecule is CN1CCN(c2ccc(OCc3ccccc3)c(C(=O)Cc3cccnc3)c2)CC1. The summed E-state index contributed by atoms with van der Waals surface area (Å²) < 4.78 is 6.08. The summed E-state index contributed by atoms with van der Waals surface area (Å²) >= 11 is 0. The van der Waals surface area contributed by atoms with E-state index >= 15 is 0 Å². The number of Topliss-reactive ketones (excluding diaryl/α,β-unsaturated/α-hetero) is 1. The van der Waals surface area contributed by atoms with Crippen molar-refractivity contribution < 1.29 is 9.53 Å². The molecule has 0 amide bonds. The van der Waals surface area contributed by atoms with E-state index < -0.39 is 0 Å². The summed E-state index contributed by atoms with van der Waals surface area (Å²) in [6.07, 6.45) is 3.77. The van der Waals surface area contributed by atoms with E-state index in [4.69, 9.17) is 4.74 Å². The standard InChI is InChI=1S/C25H27N3O2/c1-27-12-14-28(15-13-27)22-9-10-25(30-19-20-6-3-2-4-7-20)23(17-22)24(29)16-21-8-5-11-26-18-21/h2-11,17-18H,12-16,19H2,1H3. The number of piperazine rings is 1. The van der Waals surface area contributed by atoms with E-state index in [9.17, 15) is 4.79 Å². The van der Waals surface area contributed by atoms with Gasteiger partial charge in [0.25, 0.3) is 0 Å². The fraction of sp³-hybridized carbons (Fsp3) is 0.280. The molecule has 4 rings (SSSR count). The normalized spacial score (nSPS) is 14.5. The average Bonchev–Trinajstić information content (AvgIpc) is 2.79. The lowest BCUT2D eigenvalue weighted by Gasteiger charge is -2.34. The summed E-state index contributed by atoms with van der Waals surface area (Å²) in [5.41, 5.74) is 3.68. The number of anilines is 1. The molecule has 1 aliphatic rings. The van der Waals surface area contributed by atoms with Crippen molar-refractivity contribution in [3.05, 3.63) is 89.7 Å². The fourth-order valence-electron chi connectivity index (χ4n) is 3.64. The van der Waals surface area contributed by atoms with Crippen LogP contribution in [0, 0.1) is 0 Å². The molecule has 30 heavy (non-hydrogen) atoms. The summed E-state index contributed by atoms with van der Waals surface area (Å²) in [7, 11) is 2.14. The van der Waals surface area contributed by atoms with Crippen LogP contribution in [-0.2, 0) is 13.0 Å². The maximum Gasteiger partial charge on any atom is 0.171 e. The zero-order valence-electron chi connectivity index (χ0n) is 17.3. The molecule has 3 aromatic rings. The first-order valence-electron chi connectivity index (χ1n) is 10.4. The number of ether oxygens (including phenoxy) is 1. The van der Waals surface area contributed by atoms with Crippen molar-refractivity contribution in [3.8, 4) is 5.75 Å². The quantitative estimate of drug-likeness (QED) is 0.563. The van der Waals surface area contributed by atoms with Crippen LogP contribution in [0.4, 0.5) is 5.69 Å². The highest BCUT2D eigenvalue weighted by atomic mass is 16.5. The van der Waals surface area contributed by atoms with E-state index in [1.165, 1.54) is 0 Å². The van der Waals surface area contributed by atoms with E-state index in [-0.39, 0.29) is 5.78 Å². The minimum atomic E-state index is 0.0436. The predicted molar refractivity (Wildman–Crippen MR) is 119 cm³/mol. The Morgan fingerprint density at radius 3 is 2.47 bits per heavy atom. The molecule has 1 saturated heterocycles. The molecule has 0 unspecified atom stereocenters. The summed E-state index contributed by atoms with van der Waals surface area (Å²) in [5, 5.41) is 0. The van der Waals surface area contributed by atoms with Crippen molar-refractivity contribution in [1.29, 1.82) is 0 Å². The second-order valence-corrected chi connectivity index (χ2v) is 7.71. The van der Waals surface area contributed by atoms with Gasteiger partial charge in [0.2, 0.25) is 0 Å². The Bertz CT molecular complexity index is 968. The van der Waals surface area contributed by atoms with Crippen LogP contribution in [0.25, 0.3) is 0 Å². The van der Waals surface area contributed by atoms with E-state index in [0.717, 1.165) is 43.0 Å². The number of carbonyl (C=O) groups is 1. The molecule has 2 heterocycles. The number of hydrogen-bond donors (Lipinski definition) is 0. The Kier molecular flexibility index (Phi) is 6.40. The molecule has 0 radical (unpaired) electrons. The molecular weight excluding hydrogens is 374 g/mol. The highest BCUT2D eigenvalue weighted by molar-refractivity contribution is 6.00. The van der Waals surface area contributed by atoms with Crippen LogP contribution < -0.4 is 9.64 Å². The van der Waals surface area contributed by atoms with Crippen molar-refractivity contribution in [1.82, 2.24) is 9.88 Å². The molecule has 0 N–H and O–H groups in total. The molecule has 1 aromatic heterocycles. The molecule has 5 nitrogen and oxygen atoms in total. The number of ketones is 1. The van der Waals surface area contributed by atoms with Crippen molar-refractivity contribution in [2.24, 2.45) is 0 Å². The van der Waals surface area contributed by atoms with Gasteiger partial charge in [-0.3, -0.25) is 9.78 Å². The lowest BCUT2D eigenvalue weighted by atomic mass is 10.0. The molecule has 5 heteroatoms. The first kappa shape index (κ1) is 20.1. The third-order valence-corrected chi connectivity index (χ3v) is 5.46. The van der Waals surface area contributed by atoms with Gasteiger partial charge in [-0.2, -0.15) is 0 Å². The van der Waals surface area contributed by atoms with Crippen LogP contribution in [0.5, 0.6) is 5.75 Å². The van der Waals surface area contributed by atoms with E-state index in [1.54, 1.807) is 12.4 Å². The second-order valence-electron chi connectivity index (χ2n) is 7.71. The highest BCUT2D eigenvalue weighted by Crippen LogP contribution is 2.28. The van der Waals surface area contributed by atoms with E-state index in [0.29, 0.717) is 24.3 Å². The largest absolute Gasteiger partial charge is 0.488 e. The van der Waals surface area contributed by atoms with Gasteiger partial charge in [-0.05, 0) is 42.4 Å². The minimum absolute atomic E-state index is 0.0436. The summed E-state index contributed by atoms with van der Waals surface area (Å²) in [6, 6.07) is 19.8. The predicted octanol–water partition coefficient (Wildman–Crippen LogP) is 3.84. The number of benzene rings is 2. The molecule has 1 fully saturated rings. The van der Waals surface area contributed by atoms with Crippen molar-refractivity contribution in [2.45, 2.75) is 13.0 Å². The van der Waals surface area contributed by atoms with Crippen molar-refractivity contribution in [3.63, 3.8) is 0 Å². The van der Waals surface area contributed by atoms with Gasteiger partial charge in [0, 0.05) is 50.7 Å². The number of hydrogen-bond acceptors (Lipinski definition) is 5. The van der Waals surface area contributed by atoms with Crippen LogP contribution >= 0.6 is 0 Å². The number of carbonyl (C=O) groups excluding carboxylic acids is 1. The van der Waals surface area contributed by atoms with Gasteiger partial charge in [0.15, 0.2) is 5.78 Å². The lowest BCUT2D eigenvalue weighted by Crippen LogP contribution is -2.44. The van der Waals surface area contributed by atoms with Crippen molar-refractivity contribution in [2.75, 3.05) is 38.1 Å². The maximum absolute atomic E-state index is 13.2. The molecule has 2 aromatic carbocycles. The number of rotatable bonds is 7. The Morgan fingerprint density at radius 1 is 0.967 bits per heavy atom. The molecule has 1 aliphatic heterocycles. The number of nitrogens with zero attached hydrogens (tertiary/aromatic N) is 3. The summed E-state index contributed by atoms with van der Waals surface area (Å²) in [5.74, 6) is 0.674. The van der Waals surface area contributed by atoms with Crippen LogP contribution in [0.1, 0.15) is 21.5 Å². The summed E-state index contributed by atoms with van der Waals surface area (Å²) in [4.78, 5) is 22.0. The first-order valence-corrected chi connectivity index (χ1v) is 10.4. The second kappa shape index (κ2) is 9.55. The third kappa shape index (κ3) is 5.05. The van der Waals surface area contributed by atoms with Crippen molar-refractivity contribution >= 4 is 11.5 Å². The summed E-state index contributed by atoms with van der Waals surface area (Å²) in [6.45, 7) is 4.38. The van der Waals surface area contributed by atoms with Crippen LogP contribution in [0.15, 0.2) is 73.1 Å². The molecule has 0 aliphatic carbocycles. The fourth-order valence-corrected chi connectivity index (χ4v) is 3.64. The van der Waals surface area contributed by atoms with Gasteiger partial charge in [-0.1, -0.05) is 36.4 Å². The topological polar surface area (TPSA) is 45.7 Å². The first-order chi connectivity index (χ1) is 14.7. The van der Waals surface area contributed by atoms with Gasteiger partial charge in [-0.25, -0.2) is 0 Å². The van der Waals surface area contributed by atoms with Gasteiger partial charge in [0.05, 0.1) is 5.56 Å². The average molecular weight is 402 g/mol. The number of pyridine rings is 1. The van der Waals surface area contributed by atoms with E-state index in [2.05, 4.69) is 27.9 Å². The molecule has 0 bridgehead atoms. The minimum Gasteiger partial charge on any atom is -0.488 e. The Labute approximate surface area is 177 Å². The van der Waals surface area contributed by atoms with Crippen LogP contribution in [0.3, 0.4) is 0 Å². The lowest BCUT2D eigenvalue weighted by molar-refractivity contribution is 0.0988.